The molecular formula is C16H12N2O5. The summed E-state index contributed by atoms with van der Waals surface area (Å²) in [5.74, 6) is -1.68. The number of nitro groups is 1. The minimum atomic E-state index is -0.739. The van der Waals surface area contributed by atoms with Crippen LogP contribution in [0.4, 0.5) is 5.69 Å². The second-order valence-electron chi connectivity index (χ2n) is 4.52. The van der Waals surface area contributed by atoms with Crippen LogP contribution in [0.2, 0.25) is 0 Å². The zero-order valence-electron chi connectivity index (χ0n) is 11.8. The van der Waals surface area contributed by atoms with Gasteiger partial charge < -0.3 is 5.11 Å². The van der Waals surface area contributed by atoms with E-state index in [1.807, 2.05) is 0 Å². The van der Waals surface area contributed by atoms with Gasteiger partial charge in [-0.3, -0.25) is 25.0 Å². The summed E-state index contributed by atoms with van der Waals surface area (Å²) in [5, 5.41) is 22.3. The van der Waals surface area contributed by atoms with Gasteiger partial charge in [-0.2, -0.15) is 0 Å². The minimum absolute atomic E-state index is 0.0235. The lowest BCUT2D eigenvalue weighted by Crippen LogP contribution is -2.28. The van der Waals surface area contributed by atoms with E-state index in [9.17, 15) is 24.8 Å². The van der Waals surface area contributed by atoms with Crippen molar-refractivity contribution in [2.45, 2.75) is 0 Å². The predicted octanol–water partition coefficient (Wildman–Crippen LogP) is 2.27. The summed E-state index contributed by atoms with van der Waals surface area (Å²) in [6.07, 6.45) is 2.43. The summed E-state index contributed by atoms with van der Waals surface area (Å²) in [5.41, 5.74) is 0.326. The molecule has 0 unspecified atom stereocenters. The summed E-state index contributed by atoms with van der Waals surface area (Å²) in [7, 11) is 0. The Bertz CT molecular complexity index is 799. The number of rotatable bonds is 4. The normalized spacial score (nSPS) is 10.4. The van der Waals surface area contributed by atoms with E-state index in [2.05, 4.69) is 5.32 Å². The summed E-state index contributed by atoms with van der Waals surface area (Å²) >= 11 is 0. The number of hydrogen-bond acceptors (Lipinski definition) is 5. The van der Waals surface area contributed by atoms with E-state index in [0.717, 1.165) is 6.08 Å². The van der Waals surface area contributed by atoms with Crippen molar-refractivity contribution >= 4 is 23.6 Å². The Balaban J connectivity index is 2.05. The predicted molar refractivity (Wildman–Crippen MR) is 82.7 cm³/mol. The number of amides is 2. The lowest BCUT2D eigenvalue weighted by atomic mass is 10.2. The van der Waals surface area contributed by atoms with Crippen LogP contribution >= 0.6 is 0 Å². The van der Waals surface area contributed by atoms with E-state index in [1.54, 1.807) is 18.2 Å². The lowest BCUT2D eigenvalue weighted by molar-refractivity contribution is -0.384. The Labute approximate surface area is 131 Å². The molecule has 2 aromatic rings. The fourth-order valence-corrected chi connectivity index (χ4v) is 1.80. The van der Waals surface area contributed by atoms with Crippen LogP contribution in [-0.4, -0.2) is 21.8 Å². The first kappa shape index (κ1) is 15.9. The van der Waals surface area contributed by atoms with Crippen molar-refractivity contribution in [3.8, 4) is 5.75 Å². The average molecular weight is 312 g/mol. The Hall–Kier alpha value is -3.48. The fraction of sp³-hybridized carbons (Fsp3) is 0. The number of nitro benzene ring substituents is 1. The van der Waals surface area contributed by atoms with Gasteiger partial charge in [0.1, 0.15) is 5.75 Å². The first-order valence-electron chi connectivity index (χ1n) is 6.53. The van der Waals surface area contributed by atoms with E-state index in [-0.39, 0.29) is 17.0 Å². The van der Waals surface area contributed by atoms with Crippen molar-refractivity contribution in [2.75, 3.05) is 0 Å². The number of carbonyl (C=O) groups excluding carboxylic acids is 2. The number of carbonyl (C=O) groups is 2. The van der Waals surface area contributed by atoms with Crippen molar-refractivity contribution in [2.24, 2.45) is 0 Å². The maximum atomic E-state index is 11.8. The molecule has 0 saturated heterocycles. The zero-order valence-corrected chi connectivity index (χ0v) is 11.8. The molecule has 116 valence electrons. The third kappa shape index (κ3) is 4.24. The third-order valence-electron chi connectivity index (χ3n) is 2.89. The first-order valence-corrected chi connectivity index (χ1v) is 6.53. The SMILES string of the molecule is O=C(/C=C/c1cccc([N+](=O)[O-])c1)NC(=O)c1ccccc1O. The van der Waals surface area contributed by atoms with Crippen LogP contribution in [0.5, 0.6) is 5.75 Å². The van der Waals surface area contributed by atoms with Crippen LogP contribution in [0.25, 0.3) is 6.08 Å². The van der Waals surface area contributed by atoms with E-state index in [4.69, 9.17) is 0 Å². The van der Waals surface area contributed by atoms with Gasteiger partial charge in [-0.25, -0.2) is 0 Å². The highest BCUT2D eigenvalue weighted by Gasteiger charge is 2.12. The molecular weight excluding hydrogens is 300 g/mol. The Morgan fingerprint density at radius 1 is 1.13 bits per heavy atom. The minimum Gasteiger partial charge on any atom is -0.507 e. The number of non-ortho nitro benzene ring substituents is 1. The third-order valence-corrected chi connectivity index (χ3v) is 2.89. The van der Waals surface area contributed by atoms with Crippen LogP contribution in [0.1, 0.15) is 15.9 Å². The standard InChI is InChI=1S/C16H12N2O5/c19-14-7-2-1-6-13(14)16(21)17-15(20)9-8-11-4-3-5-12(10-11)18(22)23/h1-10,19H,(H,17,20,21)/b9-8+. The Kier molecular flexibility index (Phi) is 4.83. The molecule has 0 aliphatic rings. The van der Waals surface area contributed by atoms with Gasteiger partial charge in [0.25, 0.3) is 17.5 Å². The lowest BCUT2D eigenvalue weighted by Gasteiger charge is -2.03. The van der Waals surface area contributed by atoms with Crippen LogP contribution in [-0.2, 0) is 4.79 Å². The molecule has 0 fully saturated rings. The van der Waals surface area contributed by atoms with Crippen LogP contribution in [0.3, 0.4) is 0 Å². The van der Waals surface area contributed by atoms with Crippen molar-refractivity contribution in [1.82, 2.24) is 5.32 Å². The molecule has 7 heteroatoms. The van der Waals surface area contributed by atoms with Gasteiger partial charge in [0.2, 0.25) is 0 Å². The van der Waals surface area contributed by atoms with Gasteiger partial charge in [0.05, 0.1) is 10.5 Å². The topological polar surface area (TPSA) is 110 Å². The van der Waals surface area contributed by atoms with Gasteiger partial charge in [-0.1, -0.05) is 24.3 Å². The van der Waals surface area contributed by atoms with Gasteiger partial charge in [-0.15, -0.1) is 0 Å². The van der Waals surface area contributed by atoms with Crippen LogP contribution in [0.15, 0.2) is 54.6 Å². The van der Waals surface area contributed by atoms with Gasteiger partial charge in [-0.05, 0) is 23.8 Å². The van der Waals surface area contributed by atoms with E-state index in [1.165, 1.54) is 36.4 Å². The van der Waals surface area contributed by atoms with Crippen molar-refractivity contribution < 1.29 is 19.6 Å². The number of aromatic hydroxyl groups is 1. The number of nitrogens with one attached hydrogen (secondary N) is 1. The molecule has 0 aliphatic carbocycles. The second kappa shape index (κ2) is 6.99. The van der Waals surface area contributed by atoms with Crippen LogP contribution in [0, 0.1) is 10.1 Å². The van der Waals surface area contributed by atoms with Crippen molar-refractivity contribution in [1.29, 1.82) is 0 Å². The number of hydrogen-bond donors (Lipinski definition) is 2. The molecule has 0 spiro atoms. The molecule has 0 atom stereocenters. The molecule has 0 saturated carbocycles. The summed E-state index contributed by atoms with van der Waals surface area (Å²) in [4.78, 5) is 33.6. The van der Waals surface area contributed by atoms with Gasteiger partial charge in [0.15, 0.2) is 0 Å². The largest absolute Gasteiger partial charge is 0.507 e. The highest BCUT2D eigenvalue weighted by molar-refractivity contribution is 6.10. The molecule has 0 radical (unpaired) electrons. The molecule has 23 heavy (non-hydrogen) atoms. The van der Waals surface area contributed by atoms with Crippen molar-refractivity contribution in [3.63, 3.8) is 0 Å². The van der Waals surface area contributed by atoms with Gasteiger partial charge >= 0.3 is 0 Å². The molecule has 2 rings (SSSR count). The highest BCUT2D eigenvalue weighted by Crippen LogP contribution is 2.15. The summed E-state index contributed by atoms with van der Waals surface area (Å²) < 4.78 is 0. The molecule has 0 aliphatic heterocycles. The quantitative estimate of drug-likeness (QED) is 0.511. The number of benzene rings is 2. The zero-order chi connectivity index (χ0) is 16.8. The Morgan fingerprint density at radius 3 is 2.57 bits per heavy atom. The maximum absolute atomic E-state index is 11.8. The van der Waals surface area contributed by atoms with E-state index < -0.39 is 16.7 Å². The van der Waals surface area contributed by atoms with Crippen LogP contribution < -0.4 is 5.32 Å². The average Bonchev–Trinajstić information content (AvgIpc) is 2.53. The number of nitrogens with zero attached hydrogens (tertiary/aromatic N) is 1. The number of para-hydroxylation sites is 1. The van der Waals surface area contributed by atoms with Gasteiger partial charge in [0, 0.05) is 18.2 Å². The number of phenols is 1. The second-order valence-corrected chi connectivity index (χ2v) is 4.52. The molecule has 2 amide bonds. The summed E-state index contributed by atoms with van der Waals surface area (Å²) in [6, 6.07) is 11.5. The van der Waals surface area contributed by atoms with E-state index >= 15 is 0 Å². The number of phenolic OH excluding ortho intramolecular Hbond substituents is 1. The molecule has 0 bridgehead atoms. The number of imide groups is 1. The highest BCUT2D eigenvalue weighted by atomic mass is 16.6. The molecule has 0 heterocycles. The smallest absolute Gasteiger partial charge is 0.270 e. The Morgan fingerprint density at radius 2 is 1.87 bits per heavy atom. The van der Waals surface area contributed by atoms with Crippen molar-refractivity contribution in [3.05, 3.63) is 75.8 Å². The molecule has 0 aromatic heterocycles. The van der Waals surface area contributed by atoms with E-state index in [0.29, 0.717) is 5.56 Å². The maximum Gasteiger partial charge on any atom is 0.270 e. The first-order chi connectivity index (χ1) is 11.0. The molecule has 2 aromatic carbocycles. The fourth-order valence-electron chi connectivity index (χ4n) is 1.80. The summed E-state index contributed by atoms with van der Waals surface area (Å²) in [6.45, 7) is 0. The monoisotopic (exact) mass is 312 g/mol. The molecule has 7 nitrogen and oxygen atoms in total. The molecule has 2 N–H and O–H groups in total.